The van der Waals surface area contributed by atoms with Gasteiger partial charge >= 0.3 is 5.69 Å². The van der Waals surface area contributed by atoms with Gasteiger partial charge in [0.15, 0.2) is 5.75 Å². The summed E-state index contributed by atoms with van der Waals surface area (Å²) in [6.45, 7) is 1.86. The number of ether oxygens (including phenoxy) is 1. The molecule has 0 bridgehead atoms. The van der Waals surface area contributed by atoms with Gasteiger partial charge in [-0.25, -0.2) is 4.98 Å². The number of aryl methyl sites for hydroxylation is 1. The Balaban J connectivity index is 2.73. The summed E-state index contributed by atoms with van der Waals surface area (Å²) in [5.74, 6) is 0.248. The Labute approximate surface area is 89.5 Å². The number of aromatic nitrogens is 1. The van der Waals surface area contributed by atoms with E-state index in [-0.39, 0.29) is 11.4 Å². The fraction of sp³-hybridized carbons (Fsp3) is 0.222. The molecular weight excluding hydrogens is 216 g/mol. The van der Waals surface area contributed by atoms with Crippen LogP contribution in [0.5, 0.6) is 5.75 Å². The Bertz CT molecular complexity index is 535. The van der Waals surface area contributed by atoms with Gasteiger partial charge in [-0.15, -0.1) is 11.3 Å². The Morgan fingerprint density at radius 2 is 2.27 bits per heavy atom. The highest BCUT2D eigenvalue weighted by Gasteiger charge is 2.17. The number of nitro benzene ring substituents is 1. The molecule has 0 aliphatic heterocycles. The van der Waals surface area contributed by atoms with Crippen LogP contribution in [0.2, 0.25) is 0 Å². The van der Waals surface area contributed by atoms with E-state index in [1.54, 1.807) is 6.07 Å². The summed E-state index contributed by atoms with van der Waals surface area (Å²) >= 11 is 1.43. The van der Waals surface area contributed by atoms with E-state index >= 15 is 0 Å². The van der Waals surface area contributed by atoms with Crippen molar-refractivity contribution >= 4 is 27.2 Å². The van der Waals surface area contributed by atoms with E-state index in [9.17, 15) is 10.1 Å². The molecule has 0 amide bonds. The second-order valence-corrected chi connectivity index (χ2v) is 4.22. The average molecular weight is 224 g/mol. The van der Waals surface area contributed by atoms with Crippen molar-refractivity contribution in [2.24, 2.45) is 0 Å². The van der Waals surface area contributed by atoms with Gasteiger partial charge in [0.1, 0.15) is 0 Å². The SMILES string of the molecule is COc1cc2nc(C)sc2cc1[N+](=O)[O-]. The minimum Gasteiger partial charge on any atom is -0.490 e. The molecule has 2 aromatic rings. The van der Waals surface area contributed by atoms with Gasteiger partial charge in [-0.2, -0.15) is 0 Å². The Hall–Kier alpha value is -1.69. The Kier molecular flexibility index (Phi) is 2.28. The molecule has 2 rings (SSSR count). The van der Waals surface area contributed by atoms with Crippen molar-refractivity contribution in [3.8, 4) is 5.75 Å². The number of nitrogens with zero attached hydrogens (tertiary/aromatic N) is 2. The first-order chi connectivity index (χ1) is 7.11. The lowest BCUT2D eigenvalue weighted by molar-refractivity contribution is -0.385. The second-order valence-electron chi connectivity index (χ2n) is 2.98. The molecule has 0 N–H and O–H groups in total. The predicted octanol–water partition coefficient (Wildman–Crippen LogP) is 2.52. The topological polar surface area (TPSA) is 65.3 Å². The van der Waals surface area contributed by atoms with Crippen LogP contribution in [-0.2, 0) is 0 Å². The highest BCUT2D eigenvalue weighted by Crippen LogP contribution is 2.34. The van der Waals surface area contributed by atoms with E-state index in [2.05, 4.69) is 4.98 Å². The van der Waals surface area contributed by atoms with Crippen LogP contribution in [0.3, 0.4) is 0 Å². The number of thiazole rings is 1. The molecule has 0 saturated carbocycles. The molecule has 0 spiro atoms. The number of rotatable bonds is 2. The van der Waals surface area contributed by atoms with Crippen molar-refractivity contribution in [3.05, 3.63) is 27.3 Å². The quantitative estimate of drug-likeness (QED) is 0.580. The largest absolute Gasteiger partial charge is 0.490 e. The zero-order valence-electron chi connectivity index (χ0n) is 8.18. The van der Waals surface area contributed by atoms with Gasteiger partial charge in [-0.1, -0.05) is 0 Å². The minimum atomic E-state index is -0.451. The summed E-state index contributed by atoms with van der Waals surface area (Å²) in [5, 5.41) is 11.6. The maximum atomic E-state index is 10.7. The van der Waals surface area contributed by atoms with E-state index in [1.807, 2.05) is 6.92 Å². The standard InChI is InChI=1S/C9H8N2O3S/c1-5-10-6-3-8(14-2)7(11(12)13)4-9(6)15-5/h3-4H,1-2H3. The van der Waals surface area contributed by atoms with Gasteiger partial charge in [-0.3, -0.25) is 10.1 Å². The molecule has 1 heterocycles. The van der Waals surface area contributed by atoms with Crippen molar-refractivity contribution in [2.75, 3.05) is 7.11 Å². The lowest BCUT2D eigenvalue weighted by Gasteiger charge is -2.00. The molecular formula is C9H8N2O3S. The zero-order chi connectivity index (χ0) is 11.0. The Morgan fingerprint density at radius 1 is 1.53 bits per heavy atom. The van der Waals surface area contributed by atoms with Crippen LogP contribution in [0, 0.1) is 17.0 Å². The van der Waals surface area contributed by atoms with Crippen LogP contribution in [-0.4, -0.2) is 17.0 Å². The van der Waals surface area contributed by atoms with Crippen LogP contribution in [0.25, 0.3) is 10.2 Å². The van der Waals surface area contributed by atoms with Crippen molar-refractivity contribution < 1.29 is 9.66 Å². The highest BCUT2D eigenvalue weighted by atomic mass is 32.1. The van der Waals surface area contributed by atoms with Crippen molar-refractivity contribution in [3.63, 3.8) is 0 Å². The number of fused-ring (bicyclic) bond motifs is 1. The van der Waals surface area contributed by atoms with Crippen molar-refractivity contribution in [1.29, 1.82) is 0 Å². The predicted molar refractivity (Wildman–Crippen MR) is 57.6 cm³/mol. The molecule has 0 aliphatic carbocycles. The maximum absolute atomic E-state index is 10.7. The summed E-state index contributed by atoms with van der Waals surface area (Å²) in [7, 11) is 1.41. The van der Waals surface area contributed by atoms with E-state index in [1.165, 1.54) is 24.5 Å². The van der Waals surface area contributed by atoms with Crippen LogP contribution in [0.1, 0.15) is 5.01 Å². The van der Waals surface area contributed by atoms with Crippen molar-refractivity contribution in [2.45, 2.75) is 6.92 Å². The van der Waals surface area contributed by atoms with Crippen molar-refractivity contribution in [1.82, 2.24) is 4.98 Å². The lowest BCUT2D eigenvalue weighted by atomic mass is 10.3. The third-order valence-corrected chi connectivity index (χ3v) is 2.93. The fourth-order valence-corrected chi connectivity index (χ4v) is 2.21. The van der Waals surface area contributed by atoms with Gasteiger partial charge < -0.3 is 4.74 Å². The molecule has 5 nitrogen and oxygen atoms in total. The number of nitro groups is 1. The van der Waals surface area contributed by atoms with E-state index in [0.29, 0.717) is 0 Å². The number of methoxy groups -OCH3 is 1. The number of hydrogen-bond acceptors (Lipinski definition) is 5. The highest BCUT2D eigenvalue weighted by molar-refractivity contribution is 7.18. The first-order valence-electron chi connectivity index (χ1n) is 4.21. The van der Waals surface area contributed by atoms with Gasteiger partial charge in [0.25, 0.3) is 0 Å². The zero-order valence-corrected chi connectivity index (χ0v) is 9.00. The first-order valence-corrected chi connectivity index (χ1v) is 5.03. The van der Waals surface area contributed by atoms with Gasteiger partial charge in [0, 0.05) is 12.1 Å². The van der Waals surface area contributed by atoms with Crippen LogP contribution in [0.4, 0.5) is 5.69 Å². The van der Waals surface area contributed by atoms with E-state index in [0.717, 1.165) is 15.2 Å². The maximum Gasteiger partial charge on any atom is 0.312 e. The number of hydrogen-bond donors (Lipinski definition) is 0. The number of benzene rings is 1. The summed E-state index contributed by atoms with van der Waals surface area (Å²) in [6.07, 6.45) is 0. The fourth-order valence-electron chi connectivity index (χ4n) is 1.37. The van der Waals surface area contributed by atoms with Gasteiger partial charge in [0.05, 0.1) is 27.3 Å². The third-order valence-electron chi connectivity index (χ3n) is 1.99. The molecule has 0 radical (unpaired) electrons. The lowest BCUT2D eigenvalue weighted by Crippen LogP contribution is -1.93. The normalized spacial score (nSPS) is 10.5. The average Bonchev–Trinajstić information content (AvgIpc) is 2.54. The molecule has 78 valence electrons. The second kappa shape index (κ2) is 3.47. The van der Waals surface area contributed by atoms with Crippen LogP contribution in [0.15, 0.2) is 12.1 Å². The smallest absolute Gasteiger partial charge is 0.312 e. The van der Waals surface area contributed by atoms with Crippen LogP contribution < -0.4 is 4.74 Å². The molecule has 0 aliphatic rings. The summed E-state index contributed by atoms with van der Waals surface area (Å²) in [5.41, 5.74) is 0.716. The van der Waals surface area contributed by atoms with Crippen LogP contribution >= 0.6 is 11.3 Å². The van der Waals surface area contributed by atoms with Gasteiger partial charge in [-0.05, 0) is 6.92 Å². The summed E-state index contributed by atoms with van der Waals surface area (Å²) in [4.78, 5) is 14.5. The molecule has 0 fully saturated rings. The minimum absolute atomic E-state index is 0.0198. The van der Waals surface area contributed by atoms with E-state index in [4.69, 9.17) is 4.74 Å². The monoisotopic (exact) mass is 224 g/mol. The summed E-state index contributed by atoms with van der Waals surface area (Å²) < 4.78 is 5.75. The molecule has 0 atom stereocenters. The molecule has 15 heavy (non-hydrogen) atoms. The molecule has 1 aromatic heterocycles. The van der Waals surface area contributed by atoms with Gasteiger partial charge in [0.2, 0.25) is 0 Å². The molecule has 0 saturated heterocycles. The Morgan fingerprint density at radius 3 is 2.87 bits per heavy atom. The summed E-state index contributed by atoms with van der Waals surface area (Å²) in [6, 6.07) is 3.09. The first kappa shape index (κ1) is 9.85. The third kappa shape index (κ3) is 1.63. The molecule has 0 unspecified atom stereocenters. The van der Waals surface area contributed by atoms with E-state index < -0.39 is 4.92 Å². The molecule has 1 aromatic carbocycles. The molecule has 6 heteroatoms.